The summed E-state index contributed by atoms with van der Waals surface area (Å²) in [6.07, 6.45) is -0.364. The molecule has 0 bridgehead atoms. The average molecular weight is 277 g/mol. The second-order valence-electron chi connectivity index (χ2n) is 4.11. The fourth-order valence-corrected chi connectivity index (χ4v) is 1.82. The number of nitrogens with zero attached hydrogens (tertiary/aromatic N) is 1. The Balaban J connectivity index is 2.33. The van der Waals surface area contributed by atoms with Gasteiger partial charge in [-0.15, -0.1) is 0 Å². The van der Waals surface area contributed by atoms with Gasteiger partial charge >= 0.3 is 0 Å². The summed E-state index contributed by atoms with van der Waals surface area (Å²) in [7, 11) is 0. The monoisotopic (exact) mass is 277 g/mol. The van der Waals surface area contributed by atoms with Gasteiger partial charge in [0.25, 0.3) is 5.69 Å². The molecule has 0 saturated carbocycles. The van der Waals surface area contributed by atoms with Crippen LogP contribution in [0.2, 0.25) is 0 Å². The lowest BCUT2D eigenvalue weighted by atomic mass is 10.0. The number of nitro groups is 1. The van der Waals surface area contributed by atoms with Gasteiger partial charge in [0.05, 0.1) is 10.5 Å². The Hall–Kier alpha value is -2.63. The van der Waals surface area contributed by atoms with Crippen LogP contribution in [0.4, 0.5) is 14.5 Å². The van der Waals surface area contributed by atoms with E-state index in [2.05, 4.69) is 0 Å². The van der Waals surface area contributed by atoms with Crippen molar-refractivity contribution in [3.63, 3.8) is 0 Å². The molecule has 2 aromatic rings. The van der Waals surface area contributed by atoms with Crippen molar-refractivity contribution < 1.29 is 18.5 Å². The SMILES string of the molecule is O=C(Cc1ccccc1[N+](=O)[O-])c1cc(F)ccc1F. The smallest absolute Gasteiger partial charge is 0.273 e. The van der Waals surface area contributed by atoms with Crippen molar-refractivity contribution in [3.05, 3.63) is 75.3 Å². The Morgan fingerprint density at radius 3 is 2.55 bits per heavy atom. The Morgan fingerprint density at radius 2 is 1.85 bits per heavy atom. The van der Waals surface area contributed by atoms with Crippen LogP contribution in [0.5, 0.6) is 0 Å². The molecular weight excluding hydrogens is 268 g/mol. The lowest BCUT2D eigenvalue weighted by Gasteiger charge is -2.04. The van der Waals surface area contributed by atoms with Crippen LogP contribution < -0.4 is 0 Å². The highest BCUT2D eigenvalue weighted by molar-refractivity contribution is 5.98. The second-order valence-corrected chi connectivity index (χ2v) is 4.11. The molecule has 4 nitrogen and oxygen atoms in total. The van der Waals surface area contributed by atoms with Gasteiger partial charge in [0, 0.05) is 18.1 Å². The van der Waals surface area contributed by atoms with Gasteiger partial charge in [-0.05, 0) is 18.2 Å². The molecular formula is C14H9F2NO3. The third-order valence-electron chi connectivity index (χ3n) is 2.77. The zero-order valence-corrected chi connectivity index (χ0v) is 10.2. The van der Waals surface area contributed by atoms with Crippen molar-refractivity contribution in [3.8, 4) is 0 Å². The summed E-state index contributed by atoms with van der Waals surface area (Å²) >= 11 is 0. The number of ketones is 1. The minimum Gasteiger partial charge on any atom is -0.294 e. The molecule has 0 heterocycles. The molecule has 6 heteroatoms. The maximum Gasteiger partial charge on any atom is 0.273 e. The Kier molecular flexibility index (Phi) is 3.84. The lowest BCUT2D eigenvalue weighted by Crippen LogP contribution is -2.08. The van der Waals surface area contributed by atoms with Gasteiger partial charge in [0.2, 0.25) is 0 Å². The van der Waals surface area contributed by atoms with Gasteiger partial charge in [0.15, 0.2) is 5.78 Å². The van der Waals surface area contributed by atoms with Crippen molar-refractivity contribution in [1.29, 1.82) is 0 Å². The standard InChI is InChI=1S/C14H9F2NO3/c15-10-5-6-12(16)11(8-10)14(18)7-9-3-1-2-4-13(9)17(19)20/h1-6,8H,7H2. The number of carbonyl (C=O) groups is 1. The highest BCUT2D eigenvalue weighted by Crippen LogP contribution is 2.20. The minimum absolute atomic E-state index is 0.158. The van der Waals surface area contributed by atoms with Gasteiger partial charge in [-0.3, -0.25) is 14.9 Å². The number of Topliss-reactive ketones (excluding diaryl/α,β-unsaturated/α-hetero) is 1. The van der Waals surface area contributed by atoms with Crippen LogP contribution in [-0.4, -0.2) is 10.7 Å². The van der Waals surface area contributed by atoms with Crippen LogP contribution in [0.1, 0.15) is 15.9 Å². The highest BCUT2D eigenvalue weighted by atomic mass is 19.1. The molecule has 0 spiro atoms. The van der Waals surface area contributed by atoms with Crippen LogP contribution in [0, 0.1) is 21.7 Å². The van der Waals surface area contributed by atoms with Gasteiger partial charge in [0.1, 0.15) is 11.6 Å². The summed E-state index contributed by atoms with van der Waals surface area (Å²) in [5.74, 6) is -2.30. The molecule has 0 aliphatic heterocycles. The summed E-state index contributed by atoms with van der Waals surface area (Å²) in [5.41, 5.74) is -0.480. The maximum absolute atomic E-state index is 13.5. The zero-order chi connectivity index (χ0) is 14.7. The van der Waals surface area contributed by atoms with Crippen molar-refractivity contribution in [2.75, 3.05) is 0 Å². The molecule has 0 fully saturated rings. The fraction of sp³-hybridized carbons (Fsp3) is 0.0714. The van der Waals surface area contributed by atoms with E-state index in [-0.39, 0.29) is 17.7 Å². The van der Waals surface area contributed by atoms with Crippen LogP contribution >= 0.6 is 0 Å². The average Bonchev–Trinajstić information content (AvgIpc) is 2.41. The van der Waals surface area contributed by atoms with Crippen LogP contribution in [-0.2, 0) is 6.42 Å². The normalized spacial score (nSPS) is 10.3. The number of rotatable bonds is 4. The highest BCUT2D eigenvalue weighted by Gasteiger charge is 2.19. The van der Waals surface area contributed by atoms with E-state index < -0.39 is 27.9 Å². The summed E-state index contributed by atoms with van der Waals surface area (Å²) in [4.78, 5) is 22.1. The quantitative estimate of drug-likeness (QED) is 0.489. The van der Waals surface area contributed by atoms with Gasteiger partial charge in [-0.1, -0.05) is 18.2 Å². The number of hydrogen-bond donors (Lipinski definition) is 0. The van der Waals surface area contributed by atoms with E-state index in [1.54, 1.807) is 0 Å². The first-order valence-corrected chi connectivity index (χ1v) is 5.69. The zero-order valence-electron chi connectivity index (χ0n) is 10.2. The number of para-hydroxylation sites is 1. The first-order chi connectivity index (χ1) is 9.49. The molecule has 0 unspecified atom stereocenters. The van der Waals surface area contributed by atoms with E-state index in [9.17, 15) is 23.7 Å². The minimum atomic E-state index is -0.852. The van der Waals surface area contributed by atoms with E-state index in [1.807, 2.05) is 0 Å². The number of nitro benzene ring substituents is 1. The third kappa shape index (κ3) is 2.85. The summed E-state index contributed by atoms with van der Waals surface area (Å²) in [5, 5.41) is 10.8. The van der Waals surface area contributed by atoms with E-state index in [0.29, 0.717) is 0 Å². The van der Waals surface area contributed by atoms with Crippen molar-refractivity contribution >= 4 is 11.5 Å². The third-order valence-corrected chi connectivity index (χ3v) is 2.77. The van der Waals surface area contributed by atoms with Crippen LogP contribution in [0.3, 0.4) is 0 Å². The van der Waals surface area contributed by atoms with E-state index in [4.69, 9.17) is 0 Å². The molecule has 20 heavy (non-hydrogen) atoms. The Morgan fingerprint density at radius 1 is 1.15 bits per heavy atom. The van der Waals surface area contributed by atoms with Crippen LogP contribution in [0.25, 0.3) is 0 Å². The van der Waals surface area contributed by atoms with Crippen LogP contribution in [0.15, 0.2) is 42.5 Å². The van der Waals surface area contributed by atoms with Crippen molar-refractivity contribution in [2.45, 2.75) is 6.42 Å². The number of halogens is 2. The molecule has 0 saturated heterocycles. The molecule has 0 aromatic heterocycles. The van der Waals surface area contributed by atoms with E-state index >= 15 is 0 Å². The topological polar surface area (TPSA) is 60.2 Å². The van der Waals surface area contributed by atoms with Gasteiger partial charge < -0.3 is 0 Å². The fourth-order valence-electron chi connectivity index (χ4n) is 1.82. The first-order valence-electron chi connectivity index (χ1n) is 5.69. The molecule has 0 atom stereocenters. The van der Waals surface area contributed by atoms with Gasteiger partial charge in [-0.25, -0.2) is 8.78 Å². The lowest BCUT2D eigenvalue weighted by molar-refractivity contribution is -0.385. The number of carbonyl (C=O) groups excluding carboxylic acids is 1. The van der Waals surface area contributed by atoms with Gasteiger partial charge in [-0.2, -0.15) is 0 Å². The predicted molar refractivity (Wildman–Crippen MR) is 67.5 cm³/mol. The Labute approximate surface area is 112 Å². The predicted octanol–water partition coefficient (Wildman–Crippen LogP) is 3.30. The van der Waals surface area contributed by atoms with E-state index in [1.165, 1.54) is 24.3 Å². The second kappa shape index (κ2) is 5.56. The molecule has 0 amide bonds. The van der Waals surface area contributed by atoms with E-state index in [0.717, 1.165) is 18.2 Å². The molecule has 102 valence electrons. The maximum atomic E-state index is 13.5. The summed E-state index contributed by atoms with van der Waals surface area (Å²) < 4.78 is 26.5. The summed E-state index contributed by atoms with van der Waals surface area (Å²) in [6.45, 7) is 0. The van der Waals surface area contributed by atoms with Crippen molar-refractivity contribution in [2.24, 2.45) is 0 Å². The van der Waals surface area contributed by atoms with Crippen molar-refractivity contribution in [1.82, 2.24) is 0 Å². The first kappa shape index (κ1) is 13.8. The summed E-state index contributed by atoms with van der Waals surface area (Å²) in [6, 6.07) is 8.20. The Bertz CT molecular complexity index is 686. The molecule has 2 aromatic carbocycles. The molecule has 0 N–H and O–H groups in total. The largest absolute Gasteiger partial charge is 0.294 e. The number of benzene rings is 2. The molecule has 0 radical (unpaired) electrons. The molecule has 0 aliphatic carbocycles. The molecule has 0 aliphatic rings. The molecule has 2 rings (SSSR count). The number of hydrogen-bond acceptors (Lipinski definition) is 3.